The fourth-order valence-electron chi connectivity index (χ4n) is 2.54. The normalized spacial score (nSPS) is 10.0. The fourth-order valence-corrected chi connectivity index (χ4v) is 3.44. The summed E-state index contributed by atoms with van der Waals surface area (Å²) in [5.74, 6) is -1.75. The number of ether oxygens (including phenoxy) is 2. The largest absolute Gasteiger partial charge is 0.465 e. The number of esters is 2. The van der Waals surface area contributed by atoms with E-state index in [1.807, 2.05) is 0 Å². The molecule has 9 heteroatoms. The van der Waals surface area contributed by atoms with Crippen LogP contribution in [0.4, 0.5) is 5.69 Å². The second-order valence-electron chi connectivity index (χ2n) is 5.95. The van der Waals surface area contributed by atoms with Crippen molar-refractivity contribution in [3.05, 3.63) is 52.2 Å². The van der Waals surface area contributed by atoms with E-state index in [0.29, 0.717) is 10.6 Å². The van der Waals surface area contributed by atoms with Crippen molar-refractivity contribution in [1.29, 1.82) is 5.26 Å². The number of methoxy groups -OCH3 is 2. The number of hydrogen-bond acceptors (Lipinski definition) is 8. The highest BCUT2D eigenvalue weighted by Gasteiger charge is 2.18. The van der Waals surface area contributed by atoms with Gasteiger partial charge in [0.2, 0.25) is 5.91 Å². The number of nitrogens with one attached hydrogen (secondary N) is 1. The minimum atomic E-state index is -0.660. The van der Waals surface area contributed by atoms with E-state index in [9.17, 15) is 19.6 Å². The first kappa shape index (κ1) is 21.9. The van der Waals surface area contributed by atoms with Gasteiger partial charge >= 0.3 is 11.9 Å². The van der Waals surface area contributed by atoms with E-state index in [0.717, 1.165) is 23.0 Å². The molecule has 29 heavy (non-hydrogen) atoms. The van der Waals surface area contributed by atoms with Crippen molar-refractivity contribution in [3.8, 4) is 6.07 Å². The summed E-state index contributed by atoms with van der Waals surface area (Å²) < 4.78 is 9.38. The predicted octanol–water partition coefficient (Wildman–Crippen LogP) is 2.87. The zero-order valence-corrected chi connectivity index (χ0v) is 17.2. The van der Waals surface area contributed by atoms with Gasteiger partial charge in [-0.1, -0.05) is 11.8 Å². The van der Waals surface area contributed by atoms with Crippen LogP contribution in [0.3, 0.4) is 0 Å². The summed E-state index contributed by atoms with van der Waals surface area (Å²) in [4.78, 5) is 40.5. The van der Waals surface area contributed by atoms with Crippen LogP contribution in [0.5, 0.6) is 0 Å². The van der Waals surface area contributed by atoms with E-state index in [-0.39, 0.29) is 22.6 Å². The van der Waals surface area contributed by atoms with Gasteiger partial charge in [0.1, 0.15) is 11.1 Å². The highest BCUT2D eigenvalue weighted by molar-refractivity contribution is 8.00. The monoisotopic (exact) mass is 413 g/mol. The Labute approximate surface area is 172 Å². The summed E-state index contributed by atoms with van der Waals surface area (Å²) >= 11 is 1.11. The highest BCUT2D eigenvalue weighted by atomic mass is 32.2. The third kappa shape index (κ3) is 5.33. The van der Waals surface area contributed by atoms with Gasteiger partial charge in [-0.25, -0.2) is 14.6 Å². The van der Waals surface area contributed by atoms with Crippen LogP contribution in [0.2, 0.25) is 0 Å². The van der Waals surface area contributed by atoms with Gasteiger partial charge in [0.25, 0.3) is 0 Å². The Bertz CT molecular complexity index is 1010. The number of thioether (sulfide) groups is 1. The third-order valence-corrected chi connectivity index (χ3v) is 4.86. The number of rotatable bonds is 6. The Balaban J connectivity index is 2.23. The molecule has 0 fully saturated rings. The number of pyridine rings is 1. The molecule has 8 nitrogen and oxygen atoms in total. The van der Waals surface area contributed by atoms with Crippen LogP contribution in [0.15, 0.2) is 29.3 Å². The van der Waals surface area contributed by atoms with Crippen molar-refractivity contribution in [2.75, 3.05) is 25.3 Å². The molecule has 1 N–H and O–H groups in total. The second kappa shape index (κ2) is 9.71. The van der Waals surface area contributed by atoms with E-state index < -0.39 is 17.8 Å². The molecular formula is C20H19N3O5S. The molecule has 1 amide bonds. The van der Waals surface area contributed by atoms with E-state index in [2.05, 4.69) is 21.1 Å². The summed E-state index contributed by atoms with van der Waals surface area (Å²) in [5, 5.41) is 12.4. The van der Waals surface area contributed by atoms with Crippen molar-refractivity contribution in [2.45, 2.75) is 18.9 Å². The van der Waals surface area contributed by atoms with E-state index in [4.69, 9.17) is 4.74 Å². The van der Waals surface area contributed by atoms with Gasteiger partial charge in [0, 0.05) is 5.69 Å². The first-order valence-corrected chi connectivity index (χ1v) is 9.41. The standard InChI is InChI=1S/C20H19N3O5S/c1-11-7-12(2)22-18(15(11)9-21)29-10-17(24)23-16-8-13(19(25)27-3)5-6-14(16)20(26)28-4/h5-8H,10H2,1-4H3,(H,23,24). The van der Waals surface area contributed by atoms with E-state index in [1.54, 1.807) is 19.9 Å². The average molecular weight is 413 g/mol. The molecule has 0 saturated carbocycles. The van der Waals surface area contributed by atoms with Gasteiger partial charge in [-0.2, -0.15) is 5.26 Å². The van der Waals surface area contributed by atoms with Crippen LogP contribution in [-0.4, -0.2) is 42.8 Å². The molecular weight excluding hydrogens is 394 g/mol. The SMILES string of the molecule is COC(=O)c1ccc(C(=O)OC)c(NC(=O)CSc2nc(C)cc(C)c2C#N)c1. The molecule has 0 spiro atoms. The highest BCUT2D eigenvalue weighted by Crippen LogP contribution is 2.25. The van der Waals surface area contributed by atoms with Crippen LogP contribution >= 0.6 is 11.8 Å². The molecule has 0 aliphatic heterocycles. The quantitative estimate of drug-likeness (QED) is 0.567. The van der Waals surface area contributed by atoms with Crippen molar-refractivity contribution in [2.24, 2.45) is 0 Å². The van der Waals surface area contributed by atoms with Gasteiger partial charge < -0.3 is 14.8 Å². The molecule has 0 unspecified atom stereocenters. The topological polar surface area (TPSA) is 118 Å². The van der Waals surface area contributed by atoms with Crippen LogP contribution in [0.1, 0.15) is 37.5 Å². The molecule has 0 atom stereocenters. The zero-order valence-electron chi connectivity index (χ0n) is 16.4. The molecule has 0 bridgehead atoms. The van der Waals surface area contributed by atoms with Crippen LogP contribution < -0.4 is 5.32 Å². The number of aryl methyl sites for hydroxylation is 2. The maximum absolute atomic E-state index is 12.5. The summed E-state index contributed by atoms with van der Waals surface area (Å²) in [5.41, 5.74) is 2.33. The number of carbonyl (C=O) groups excluding carboxylic acids is 3. The molecule has 0 aliphatic rings. The molecule has 2 aromatic rings. The molecule has 0 saturated heterocycles. The molecule has 1 aromatic heterocycles. The summed E-state index contributed by atoms with van der Waals surface area (Å²) in [6.07, 6.45) is 0. The summed E-state index contributed by atoms with van der Waals surface area (Å²) in [7, 11) is 2.45. The Hall–Kier alpha value is -3.38. The molecule has 0 aliphatic carbocycles. The summed E-state index contributed by atoms with van der Waals surface area (Å²) in [6.45, 7) is 3.61. The Morgan fingerprint density at radius 2 is 1.83 bits per heavy atom. The Kier molecular flexibility index (Phi) is 7.33. The number of amides is 1. The fraction of sp³-hybridized carbons (Fsp3) is 0.250. The van der Waals surface area contributed by atoms with Crippen molar-refractivity contribution in [3.63, 3.8) is 0 Å². The lowest BCUT2D eigenvalue weighted by Gasteiger charge is -2.12. The number of hydrogen-bond donors (Lipinski definition) is 1. The number of carbonyl (C=O) groups is 3. The van der Waals surface area contributed by atoms with Gasteiger partial charge in [0.05, 0.1) is 42.4 Å². The van der Waals surface area contributed by atoms with Crippen molar-refractivity contribution in [1.82, 2.24) is 4.98 Å². The number of nitriles is 1. The minimum Gasteiger partial charge on any atom is -0.465 e. The van der Waals surface area contributed by atoms with Crippen molar-refractivity contribution >= 4 is 35.3 Å². The maximum atomic E-state index is 12.5. The number of benzene rings is 1. The lowest BCUT2D eigenvalue weighted by atomic mass is 10.1. The average Bonchev–Trinajstić information content (AvgIpc) is 2.70. The van der Waals surface area contributed by atoms with E-state index in [1.165, 1.54) is 32.4 Å². The molecule has 1 aromatic carbocycles. The van der Waals surface area contributed by atoms with Gasteiger partial charge in [-0.15, -0.1) is 0 Å². The smallest absolute Gasteiger partial charge is 0.339 e. The number of aromatic nitrogens is 1. The molecule has 150 valence electrons. The third-order valence-electron chi connectivity index (χ3n) is 3.88. The van der Waals surface area contributed by atoms with Crippen LogP contribution in [-0.2, 0) is 14.3 Å². The molecule has 2 rings (SSSR count). The lowest BCUT2D eigenvalue weighted by molar-refractivity contribution is -0.113. The van der Waals surface area contributed by atoms with Crippen LogP contribution in [0, 0.1) is 25.2 Å². The van der Waals surface area contributed by atoms with Gasteiger partial charge in [-0.05, 0) is 43.7 Å². The maximum Gasteiger partial charge on any atom is 0.339 e. The van der Waals surface area contributed by atoms with Gasteiger partial charge in [-0.3, -0.25) is 4.79 Å². The zero-order chi connectivity index (χ0) is 21.6. The molecule has 0 radical (unpaired) electrons. The number of nitrogens with zero attached hydrogens (tertiary/aromatic N) is 2. The first-order valence-electron chi connectivity index (χ1n) is 8.42. The second-order valence-corrected chi connectivity index (χ2v) is 6.92. The Morgan fingerprint density at radius 3 is 2.45 bits per heavy atom. The lowest BCUT2D eigenvalue weighted by Crippen LogP contribution is -2.18. The Morgan fingerprint density at radius 1 is 1.14 bits per heavy atom. The minimum absolute atomic E-state index is 0.0480. The number of anilines is 1. The first-order chi connectivity index (χ1) is 13.8. The predicted molar refractivity (Wildman–Crippen MR) is 107 cm³/mol. The molecule has 1 heterocycles. The van der Waals surface area contributed by atoms with Gasteiger partial charge in [0.15, 0.2) is 0 Å². The van der Waals surface area contributed by atoms with Crippen LogP contribution in [0.25, 0.3) is 0 Å². The van der Waals surface area contributed by atoms with E-state index >= 15 is 0 Å². The van der Waals surface area contributed by atoms with Crippen molar-refractivity contribution < 1.29 is 23.9 Å². The summed E-state index contributed by atoms with van der Waals surface area (Å²) in [6, 6.07) is 8.01.